The molecule has 1 saturated heterocycles. The second kappa shape index (κ2) is 5.07. The molecule has 1 fully saturated rings. The van der Waals surface area contributed by atoms with Crippen molar-refractivity contribution in [3.8, 4) is 0 Å². The second-order valence-electron chi connectivity index (χ2n) is 4.21. The summed E-state index contributed by atoms with van der Waals surface area (Å²) in [4.78, 5) is 0. The third-order valence-electron chi connectivity index (χ3n) is 2.87. The van der Waals surface area contributed by atoms with Gasteiger partial charge in [-0.15, -0.1) is 0 Å². The lowest BCUT2D eigenvalue weighted by atomic mass is 9.91. The van der Waals surface area contributed by atoms with E-state index in [0.717, 1.165) is 39.1 Å². The van der Waals surface area contributed by atoms with E-state index in [1.165, 1.54) is 5.56 Å². The molecular formula is C11H18N2OS. The summed E-state index contributed by atoms with van der Waals surface area (Å²) in [7, 11) is 0. The molecule has 3 N–H and O–H groups in total. The zero-order valence-electron chi connectivity index (χ0n) is 8.87. The predicted octanol–water partition coefficient (Wildman–Crippen LogP) is 1.35. The Bertz CT molecular complexity index is 281. The van der Waals surface area contributed by atoms with Crippen LogP contribution in [0.25, 0.3) is 0 Å². The standard InChI is InChI=1S/C11H18N2OS/c12-11(2-4-14-5-3-11)9-13-7-10-1-6-15-8-10/h1,6,8,13H,2-5,7,9,12H2. The van der Waals surface area contributed by atoms with Gasteiger partial charge in [-0.3, -0.25) is 0 Å². The van der Waals surface area contributed by atoms with Crippen LogP contribution in [0.15, 0.2) is 16.8 Å². The molecule has 4 heteroatoms. The molecule has 0 radical (unpaired) electrons. The van der Waals surface area contributed by atoms with Crippen molar-refractivity contribution in [3.63, 3.8) is 0 Å². The summed E-state index contributed by atoms with van der Waals surface area (Å²) in [5.74, 6) is 0. The molecule has 2 rings (SSSR count). The average Bonchev–Trinajstić information content (AvgIpc) is 2.71. The van der Waals surface area contributed by atoms with E-state index < -0.39 is 0 Å². The van der Waals surface area contributed by atoms with E-state index in [1.54, 1.807) is 11.3 Å². The fourth-order valence-corrected chi connectivity index (χ4v) is 2.47. The van der Waals surface area contributed by atoms with Gasteiger partial charge in [0.1, 0.15) is 0 Å². The van der Waals surface area contributed by atoms with E-state index in [9.17, 15) is 0 Å². The van der Waals surface area contributed by atoms with Crippen molar-refractivity contribution < 1.29 is 4.74 Å². The highest BCUT2D eigenvalue weighted by atomic mass is 32.1. The van der Waals surface area contributed by atoms with Crippen molar-refractivity contribution in [3.05, 3.63) is 22.4 Å². The average molecular weight is 226 g/mol. The minimum absolute atomic E-state index is 0.0612. The molecule has 1 aliphatic heterocycles. The molecule has 0 aliphatic carbocycles. The highest BCUT2D eigenvalue weighted by Crippen LogP contribution is 2.16. The largest absolute Gasteiger partial charge is 0.381 e. The molecule has 0 atom stereocenters. The van der Waals surface area contributed by atoms with Gasteiger partial charge in [-0.05, 0) is 35.2 Å². The van der Waals surface area contributed by atoms with Crippen molar-refractivity contribution >= 4 is 11.3 Å². The normalized spacial score (nSPS) is 20.3. The van der Waals surface area contributed by atoms with Crippen molar-refractivity contribution in [2.45, 2.75) is 24.9 Å². The maximum atomic E-state index is 6.26. The van der Waals surface area contributed by atoms with Gasteiger partial charge in [0.25, 0.3) is 0 Å². The van der Waals surface area contributed by atoms with Gasteiger partial charge in [-0.2, -0.15) is 11.3 Å². The lowest BCUT2D eigenvalue weighted by molar-refractivity contribution is 0.0531. The third kappa shape index (κ3) is 3.28. The fraction of sp³-hybridized carbons (Fsp3) is 0.636. The Kier molecular flexibility index (Phi) is 3.75. The predicted molar refractivity (Wildman–Crippen MR) is 63.0 cm³/mol. The van der Waals surface area contributed by atoms with Crippen LogP contribution in [0.5, 0.6) is 0 Å². The molecule has 0 saturated carbocycles. The number of thiophene rings is 1. The van der Waals surface area contributed by atoms with Gasteiger partial charge in [0.05, 0.1) is 0 Å². The topological polar surface area (TPSA) is 47.3 Å². The molecule has 1 aliphatic rings. The summed E-state index contributed by atoms with van der Waals surface area (Å²) >= 11 is 1.73. The van der Waals surface area contributed by atoms with E-state index in [0.29, 0.717) is 0 Å². The molecule has 1 aromatic rings. The van der Waals surface area contributed by atoms with Gasteiger partial charge in [-0.25, -0.2) is 0 Å². The monoisotopic (exact) mass is 226 g/mol. The van der Waals surface area contributed by atoms with Crippen LogP contribution < -0.4 is 11.1 Å². The van der Waals surface area contributed by atoms with Crippen molar-refractivity contribution in [1.82, 2.24) is 5.32 Å². The summed E-state index contributed by atoms with van der Waals surface area (Å²) < 4.78 is 5.31. The van der Waals surface area contributed by atoms with Crippen LogP contribution in [-0.4, -0.2) is 25.3 Å². The quantitative estimate of drug-likeness (QED) is 0.814. The van der Waals surface area contributed by atoms with Gasteiger partial charge < -0.3 is 15.8 Å². The Morgan fingerprint density at radius 3 is 2.93 bits per heavy atom. The molecular weight excluding hydrogens is 208 g/mol. The Morgan fingerprint density at radius 2 is 2.27 bits per heavy atom. The molecule has 15 heavy (non-hydrogen) atoms. The molecule has 2 heterocycles. The van der Waals surface area contributed by atoms with E-state index in [1.807, 2.05) is 0 Å². The Labute approximate surface area is 94.6 Å². The number of nitrogens with one attached hydrogen (secondary N) is 1. The lowest BCUT2D eigenvalue weighted by Crippen LogP contribution is -2.52. The molecule has 1 aromatic heterocycles. The number of hydrogen-bond donors (Lipinski definition) is 2. The van der Waals surface area contributed by atoms with E-state index in [-0.39, 0.29) is 5.54 Å². The first kappa shape index (κ1) is 11.1. The van der Waals surface area contributed by atoms with Crippen LogP contribution in [0.3, 0.4) is 0 Å². The summed E-state index contributed by atoms with van der Waals surface area (Å²) in [6, 6.07) is 2.14. The van der Waals surface area contributed by atoms with Crippen LogP contribution in [0.4, 0.5) is 0 Å². The summed E-state index contributed by atoms with van der Waals surface area (Å²) in [5, 5.41) is 7.69. The van der Waals surface area contributed by atoms with Crippen LogP contribution in [-0.2, 0) is 11.3 Å². The molecule has 84 valence electrons. The molecule has 0 amide bonds. The van der Waals surface area contributed by atoms with Crippen LogP contribution in [0.2, 0.25) is 0 Å². The third-order valence-corrected chi connectivity index (χ3v) is 3.61. The zero-order chi connectivity index (χ0) is 10.6. The summed E-state index contributed by atoms with van der Waals surface area (Å²) in [6.07, 6.45) is 1.92. The number of hydrogen-bond acceptors (Lipinski definition) is 4. The molecule has 0 spiro atoms. The number of rotatable bonds is 4. The lowest BCUT2D eigenvalue weighted by Gasteiger charge is -2.33. The van der Waals surface area contributed by atoms with E-state index >= 15 is 0 Å². The number of nitrogens with two attached hydrogens (primary N) is 1. The molecule has 3 nitrogen and oxygen atoms in total. The Balaban J connectivity index is 1.72. The smallest absolute Gasteiger partial charge is 0.0484 e. The van der Waals surface area contributed by atoms with Crippen molar-refractivity contribution in [1.29, 1.82) is 0 Å². The van der Waals surface area contributed by atoms with Gasteiger partial charge in [0.15, 0.2) is 0 Å². The summed E-state index contributed by atoms with van der Waals surface area (Å²) in [6.45, 7) is 3.41. The van der Waals surface area contributed by atoms with Crippen LogP contribution >= 0.6 is 11.3 Å². The maximum absolute atomic E-state index is 6.26. The Morgan fingerprint density at radius 1 is 1.47 bits per heavy atom. The fourth-order valence-electron chi connectivity index (χ4n) is 1.80. The maximum Gasteiger partial charge on any atom is 0.0484 e. The van der Waals surface area contributed by atoms with Crippen molar-refractivity contribution in [2.24, 2.45) is 5.73 Å². The molecule has 0 bridgehead atoms. The minimum Gasteiger partial charge on any atom is -0.381 e. The number of ether oxygens (including phenoxy) is 1. The van der Waals surface area contributed by atoms with Crippen LogP contribution in [0.1, 0.15) is 18.4 Å². The van der Waals surface area contributed by atoms with Gasteiger partial charge in [-0.1, -0.05) is 0 Å². The van der Waals surface area contributed by atoms with E-state index in [2.05, 4.69) is 22.1 Å². The first-order valence-corrected chi connectivity index (χ1v) is 6.31. The highest BCUT2D eigenvalue weighted by molar-refractivity contribution is 7.07. The first-order valence-electron chi connectivity index (χ1n) is 5.37. The second-order valence-corrected chi connectivity index (χ2v) is 4.99. The zero-order valence-corrected chi connectivity index (χ0v) is 9.69. The van der Waals surface area contributed by atoms with Gasteiger partial charge in [0.2, 0.25) is 0 Å². The van der Waals surface area contributed by atoms with Gasteiger partial charge in [0, 0.05) is 31.8 Å². The first-order chi connectivity index (χ1) is 7.29. The molecule has 0 unspecified atom stereocenters. The minimum atomic E-state index is -0.0612. The SMILES string of the molecule is NC1(CNCc2ccsc2)CCOCC1. The molecule has 0 aromatic carbocycles. The van der Waals surface area contributed by atoms with Gasteiger partial charge >= 0.3 is 0 Å². The summed E-state index contributed by atoms with van der Waals surface area (Å²) in [5.41, 5.74) is 7.54. The van der Waals surface area contributed by atoms with Crippen LogP contribution in [0, 0.1) is 0 Å². The highest BCUT2D eigenvalue weighted by Gasteiger charge is 2.27. The van der Waals surface area contributed by atoms with Crippen molar-refractivity contribution in [2.75, 3.05) is 19.8 Å². The van der Waals surface area contributed by atoms with E-state index in [4.69, 9.17) is 10.5 Å². The Hall–Kier alpha value is -0.420.